The van der Waals surface area contributed by atoms with Gasteiger partial charge in [-0.1, -0.05) is 24.2 Å². The fourth-order valence-electron chi connectivity index (χ4n) is 1.98. The van der Waals surface area contributed by atoms with E-state index in [1.165, 1.54) is 4.31 Å². The number of nitrogens with zero attached hydrogens (tertiary/aromatic N) is 2. The third-order valence-corrected chi connectivity index (χ3v) is 6.40. The molecular formula is C14H20N2O3S2. The van der Waals surface area contributed by atoms with E-state index in [0.29, 0.717) is 11.3 Å². The number of thioether (sulfide) groups is 1. The number of para-hydroxylation sites is 1. The van der Waals surface area contributed by atoms with E-state index in [0.717, 1.165) is 16.9 Å². The zero-order valence-electron chi connectivity index (χ0n) is 12.4. The van der Waals surface area contributed by atoms with Crippen molar-refractivity contribution in [3.63, 3.8) is 0 Å². The molecule has 0 aliphatic heterocycles. The first-order valence-electron chi connectivity index (χ1n) is 6.82. The minimum absolute atomic E-state index is 0.0434. The lowest BCUT2D eigenvalue weighted by Gasteiger charge is -2.23. The summed E-state index contributed by atoms with van der Waals surface area (Å²) >= 11 is 1.73. The van der Waals surface area contributed by atoms with Crippen LogP contribution in [0, 0.1) is 0 Å². The first kappa shape index (κ1) is 16.3. The summed E-state index contributed by atoms with van der Waals surface area (Å²) in [6.45, 7) is 3.98. The highest BCUT2D eigenvalue weighted by Crippen LogP contribution is 2.21. The van der Waals surface area contributed by atoms with Crippen LogP contribution in [0.4, 0.5) is 0 Å². The number of benzene rings is 1. The van der Waals surface area contributed by atoms with Crippen LogP contribution >= 0.6 is 11.8 Å². The molecule has 0 unspecified atom stereocenters. The monoisotopic (exact) mass is 328 g/mol. The van der Waals surface area contributed by atoms with Gasteiger partial charge in [0.25, 0.3) is 0 Å². The second kappa shape index (κ2) is 6.81. The summed E-state index contributed by atoms with van der Waals surface area (Å²) in [5, 5.41) is 4.65. The predicted octanol–water partition coefficient (Wildman–Crippen LogP) is 2.73. The van der Waals surface area contributed by atoms with E-state index >= 15 is 0 Å². The normalized spacial score (nSPS) is 13.9. The van der Waals surface area contributed by atoms with E-state index in [1.807, 2.05) is 25.1 Å². The Morgan fingerprint density at radius 3 is 2.81 bits per heavy atom. The summed E-state index contributed by atoms with van der Waals surface area (Å²) in [7, 11) is -1.78. The number of fused-ring (bicyclic) bond motifs is 1. The number of aromatic nitrogens is 1. The van der Waals surface area contributed by atoms with Crippen LogP contribution in [0.5, 0.6) is 0 Å². The minimum atomic E-state index is -3.41. The Labute approximate surface area is 129 Å². The van der Waals surface area contributed by atoms with Gasteiger partial charge in [0, 0.05) is 24.2 Å². The molecule has 0 saturated carbocycles. The first-order valence-corrected chi connectivity index (χ1v) is 9.59. The molecule has 0 aliphatic carbocycles. The Kier molecular flexibility index (Phi) is 5.29. The summed E-state index contributed by atoms with van der Waals surface area (Å²) < 4.78 is 31.6. The maximum absolute atomic E-state index is 12.5. The van der Waals surface area contributed by atoms with Gasteiger partial charge in [0.2, 0.25) is 10.0 Å². The molecule has 0 radical (unpaired) electrons. The van der Waals surface area contributed by atoms with Crippen LogP contribution in [-0.4, -0.2) is 42.5 Å². The quantitative estimate of drug-likeness (QED) is 0.782. The van der Waals surface area contributed by atoms with Crippen LogP contribution in [0.1, 0.15) is 19.5 Å². The smallest absolute Gasteiger partial charge is 0.220 e. The molecule has 7 heteroatoms. The lowest BCUT2D eigenvalue weighted by atomic mass is 10.2. The number of hydrogen-bond acceptors (Lipinski definition) is 5. The zero-order valence-corrected chi connectivity index (χ0v) is 14.1. The van der Waals surface area contributed by atoms with E-state index in [2.05, 4.69) is 12.1 Å². The van der Waals surface area contributed by atoms with Gasteiger partial charge in [0.15, 0.2) is 5.58 Å². The highest BCUT2D eigenvalue weighted by Gasteiger charge is 2.25. The van der Waals surface area contributed by atoms with Crippen molar-refractivity contribution in [3.05, 3.63) is 30.0 Å². The summed E-state index contributed by atoms with van der Waals surface area (Å²) in [6, 6.07) is 7.25. The second-order valence-electron chi connectivity index (χ2n) is 4.91. The molecule has 0 bridgehead atoms. The van der Waals surface area contributed by atoms with Gasteiger partial charge in [-0.3, -0.25) is 0 Å². The summed E-state index contributed by atoms with van der Waals surface area (Å²) in [4.78, 5) is 0. The maximum Gasteiger partial charge on any atom is 0.220 e. The molecule has 0 saturated heterocycles. The van der Waals surface area contributed by atoms with E-state index in [9.17, 15) is 8.42 Å². The highest BCUT2D eigenvalue weighted by molar-refractivity contribution is 7.99. The van der Waals surface area contributed by atoms with Crippen molar-refractivity contribution < 1.29 is 12.9 Å². The fourth-order valence-corrected chi connectivity index (χ4v) is 4.26. The van der Waals surface area contributed by atoms with Crippen LogP contribution in [0.3, 0.4) is 0 Å². The Morgan fingerprint density at radius 2 is 2.10 bits per heavy atom. The van der Waals surface area contributed by atoms with Gasteiger partial charge in [-0.05, 0) is 24.8 Å². The van der Waals surface area contributed by atoms with E-state index in [-0.39, 0.29) is 11.8 Å². The molecule has 5 nitrogen and oxygen atoms in total. The number of rotatable bonds is 7. The van der Waals surface area contributed by atoms with Crippen molar-refractivity contribution in [3.8, 4) is 0 Å². The molecule has 1 atom stereocenters. The van der Waals surface area contributed by atoms with E-state index in [1.54, 1.807) is 24.9 Å². The third-order valence-electron chi connectivity index (χ3n) is 3.39. The zero-order chi connectivity index (χ0) is 15.5. The standard InChI is InChI=1S/C14H20N2O3S2/c1-4-20-9-11(2)16(3)21(17,18)10-13-12-7-5-6-8-14(12)19-15-13/h5-8,11H,4,9-10H2,1-3H3/t11-/m0/s1. The lowest BCUT2D eigenvalue weighted by Crippen LogP contribution is -2.37. The number of hydrogen-bond donors (Lipinski definition) is 0. The molecule has 116 valence electrons. The van der Waals surface area contributed by atoms with Crippen molar-refractivity contribution in [2.75, 3.05) is 18.6 Å². The predicted molar refractivity (Wildman–Crippen MR) is 86.9 cm³/mol. The van der Waals surface area contributed by atoms with Gasteiger partial charge < -0.3 is 4.52 Å². The third kappa shape index (κ3) is 3.78. The molecule has 0 aliphatic rings. The lowest BCUT2D eigenvalue weighted by molar-refractivity contribution is 0.411. The summed E-state index contributed by atoms with van der Waals surface area (Å²) in [5.41, 5.74) is 1.08. The van der Waals surface area contributed by atoms with Crippen LogP contribution in [-0.2, 0) is 15.8 Å². The van der Waals surface area contributed by atoms with Gasteiger partial charge in [0.05, 0.1) is 0 Å². The average Bonchev–Trinajstić information content (AvgIpc) is 2.86. The highest BCUT2D eigenvalue weighted by atomic mass is 32.2. The Balaban J connectivity index is 2.17. The molecule has 1 aromatic carbocycles. The molecule has 1 aromatic heterocycles. The van der Waals surface area contributed by atoms with Crippen molar-refractivity contribution in [2.24, 2.45) is 0 Å². The molecule has 21 heavy (non-hydrogen) atoms. The van der Waals surface area contributed by atoms with Crippen molar-refractivity contribution >= 4 is 32.8 Å². The Hall–Kier alpha value is -1.05. The first-order chi connectivity index (χ1) is 9.95. The van der Waals surface area contributed by atoms with Gasteiger partial charge in [0.1, 0.15) is 11.4 Å². The molecular weight excluding hydrogens is 308 g/mol. The summed E-state index contributed by atoms with van der Waals surface area (Å²) in [6.07, 6.45) is 0. The van der Waals surface area contributed by atoms with E-state index in [4.69, 9.17) is 4.52 Å². The average molecular weight is 328 g/mol. The molecule has 2 aromatic rings. The van der Waals surface area contributed by atoms with Crippen LogP contribution in [0.15, 0.2) is 28.8 Å². The SMILES string of the molecule is CCSC[C@H](C)N(C)S(=O)(=O)Cc1noc2ccccc12. The van der Waals surface area contributed by atoms with Crippen LogP contribution < -0.4 is 0 Å². The van der Waals surface area contributed by atoms with Crippen molar-refractivity contribution in [1.29, 1.82) is 0 Å². The van der Waals surface area contributed by atoms with Gasteiger partial charge in [-0.2, -0.15) is 11.8 Å². The van der Waals surface area contributed by atoms with Crippen molar-refractivity contribution in [2.45, 2.75) is 25.6 Å². The van der Waals surface area contributed by atoms with Gasteiger partial charge >= 0.3 is 0 Å². The molecule has 2 rings (SSSR count). The minimum Gasteiger partial charge on any atom is -0.356 e. The molecule has 0 N–H and O–H groups in total. The molecule has 0 spiro atoms. The Bertz CT molecular complexity index is 697. The van der Waals surface area contributed by atoms with E-state index < -0.39 is 10.0 Å². The molecule has 0 amide bonds. The molecule has 0 fully saturated rings. The summed E-state index contributed by atoms with van der Waals surface area (Å²) in [5.74, 6) is 1.62. The van der Waals surface area contributed by atoms with Gasteiger partial charge in [-0.15, -0.1) is 0 Å². The second-order valence-corrected chi connectivity index (χ2v) is 8.25. The fraction of sp³-hybridized carbons (Fsp3) is 0.500. The topological polar surface area (TPSA) is 63.4 Å². The van der Waals surface area contributed by atoms with Crippen LogP contribution in [0.2, 0.25) is 0 Å². The largest absolute Gasteiger partial charge is 0.356 e. The van der Waals surface area contributed by atoms with Crippen molar-refractivity contribution in [1.82, 2.24) is 9.46 Å². The van der Waals surface area contributed by atoms with Crippen LogP contribution in [0.25, 0.3) is 11.0 Å². The molecule has 1 heterocycles. The maximum atomic E-state index is 12.5. The number of sulfonamides is 1. The Morgan fingerprint density at radius 1 is 1.38 bits per heavy atom. The van der Waals surface area contributed by atoms with Gasteiger partial charge in [-0.25, -0.2) is 12.7 Å².